The fourth-order valence-corrected chi connectivity index (χ4v) is 10.3. The molecular weight excluding hydrogens is 393 g/mol. The van der Waals surface area contributed by atoms with E-state index in [-0.39, 0.29) is 0 Å². The van der Waals surface area contributed by atoms with E-state index >= 15 is 0 Å². The van der Waals surface area contributed by atoms with Crippen LogP contribution >= 0.6 is 7.43 Å². The molecule has 2 aromatic rings. The Morgan fingerprint density at radius 3 is 2.13 bits per heavy atom. The molecule has 0 aliphatic carbocycles. The van der Waals surface area contributed by atoms with Crippen LogP contribution in [0.25, 0.3) is 11.5 Å². The summed E-state index contributed by atoms with van der Waals surface area (Å²) in [6.07, 6.45) is 8.28. The molecule has 1 spiro atoms. The zero-order valence-electron chi connectivity index (χ0n) is 17.1. The van der Waals surface area contributed by atoms with Crippen molar-refractivity contribution in [1.82, 2.24) is 18.8 Å². The quantitative estimate of drug-likeness (QED) is 0.669. The SMILES string of the molecule is CN1CCN(C)P123OC(c1ccccc1)=C(c1ccccc1)N2N=C1C=CC=CN13. The summed E-state index contributed by atoms with van der Waals surface area (Å²) in [5.41, 5.74) is 3.18. The molecule has 7 heteroatoms. The standard InChI is InChI=1S/C23H24N5OP/c1-25-17-18-26(2)30(25)27-16-10-9-15-21(27)24-28(30)22(19-11-5-3-6-12-19)23(29-30)20-13-7-4-8-14-20/h3-16H,17-18H2,1-2H3. The van der Waals surface area contributed by atoms with Crippen LogP contribution in [0.2, 0.25) is 0 Å². The summed E-state index contributed by atoms with van der Waals surface area (Å²) in [5.74, 6) is 1.79. The Morgan fingerprint density at radius 1 is 0.833 bits per heavy atom. The maximum absolute atomic E-state index is 7.28. The molecule has 30 heavy (non-hydrogen) atoms. The average molecular weight is 417 g/mol. The number of allylic oxidation sites excluding steroid dienone is 2. The van der Waals surface area contributed by atoms with Crippen molar-refractivity contribution in [1.29, 1.82) is 0 Å². The third kappa shape index (κ3) is 1.92. The van der Waals surface area contributed by atoms with E-state index in [0.29, 0.717) is 0 Å². The van der Waals surface area contributed by atoms with Gasteiger partial charge in [-0.1, -0.05) is 0 Å². The molecule has 0 amide bonds. The number of likely N-dealkylation sites (N-methyl/N-ethyl adjacent to an activating group) is 2. The first-order valence-electron chi connectivity index (χ1n) is 10.2. The van der Waals surface area contributed by atoms with Crippen molar-refractivity contribution in [3.63, 3.8) is 0 Å². The number of rotatable bonds is 2. The van der Waals surface area contributed by atoms with Crippen molar-refractivity contribution in [3.8, 4) is 0 Å². The second-order valence-corrected chi connectivity index (χ2v) is 12.0. The van der Waals surface area contributed by atoms with E-state index in [2.05, 4.69) is 99.8 Å². The van der Waals surface area contributed by atoms with Gasteiger partial charge in [0.2, 0.25) is 0 Å². The van der Waals surface area contributed by atoms with E-state index in [9.17, 15) is 0 Å². The van der Waals surface area contributed by atoms with Gasteiger partial charge in [0.1, 0.15) is 0 Å². The van der Waals surface area contributed by atoms with Crippen LogP contribution in [-0.4, -0.2) is 51.8 Å². The van der Waals surface area contributed by atoms with Crippen LogP contribution in [-0.2, 0) is 4.52 Å². The first kappa shape index (κ1) is 17.9. The minimum absolute atomic E-state index is 0.880. The predicted molar refractivity (Wildman–Crippen MR) is 122 cm³/mol. The summed E-state index contributed by atoms with van der Waals surface area (Å²) in [4.78, 5) is 0. The Morgan fingerprint density at radius 2 is 1.47 bits per heavy atom. The number of nitrogens with zero attached hydrogens (tertiary/aromatic N) is 5. The van der Waals surface area contributed by atoms with Gasteiger partial charge in [0.05, 0.1) is 0 Å². The Bertz CT molecular complexity index is 1130. The third-order valence-corrected chi connectivity index (χ3v) is 11.8. The molecule has 0 N–H and O–H groups in total. The monoisotopic (exact) mass is 417 g/mol. The molecule has 0 saturated carbocycles. The summed E-state index contributed by atoms with van der Waals surface area (Å²) < 4.78 is 16.5. The van der Waals surface area contributed by atoms with Crippen LogP contribution < -0.4 is 0 Å². The van der Waals surface area contributed by atoms with Crippen LogP contribution in [0, 0.1) is 0 Å². The van der Waals surface area contributed by atoms with E-state index in [1.165, 1.54) is 0 Å². The topological polar surface area (TPSA) is 34.6 Å². The number of hydrogen-bond acceptors (Lipinski definition) is 6. The van der Waals surface area contributed by atoms with Gasteiger partial charge in [-0.3, -0.25) is 0 Å². The molecule has 4 aliphatic heterocycles. The van der Waals surface area contributed by atoms with Crippen molar-refractivity contribution in [2.75, 3.05) is 27.2 Å². The van der Waals surface area contributed by atoms with Crippen LogP contribution in [0.1, 0.15) is 11.1 Å². The predicted octanol–water partition coefficient (Wildman–Crippen LogP) is 4.56. The van der Waals surface area contributed by atoms with Gasteiger partial charge in [-0.15, -0.1) is 0 Å². The molecule has 4 aliphatic rings. The van der Waals surface area contributed by atoms with Crippen LogP contribution in [0.3, 0.4) is 0 Å². The summed E-state index contributed by atoms with van der Waals surface area (Å²) in [5, 5.41) is 5.16. The molecule has 2 aromatic carbocycles. The Kier molecular flexibility index (Phi) is 3.61. The number of amidine groups is 1. The first-order chi connectivity index (χ1) is 14.7. The van der Waals surface area contributed by atoms with Gasteiger partial charge in [-0.25, -0.2) is 0 Å². The Hall–Kier alpha value is -2.92. The number of hydrazone groups is 1. The van der Waals surface area contributed by atoms with Gasteiger partial charge in [-0.2, -0.15) is 0 Å². The van der Waals surface area contributed by atoms with Crippen LogP contribution in [0.5, 0.6) is 0 Å². The van der Waals surface area contributed by atoms with Crippen LogP contribution in [0.4, 0.5) is 0 Å². The summed E-state index contributed by atoms with van der Waals surface area (Å²) in [7, 11) is 0.881. The van der Waals surface area contributed by atoms with Gasteiger partial charge in [0, 0.05) is 0 Å². The average Bonchev–Trinajstić information content (AvgIpc) is 3.36. The van der Waals surface area contributed by atoms with Gasteiger partial charge in [0.15, 0.2) is 0 Å². The maximum atomic E-state index is 7.28. The van der Waals surface area contributed by atoms with Crippen molar-refractivity contribution in [3.05, 3.63) is 96.2 Å². The molecule has 6 nitrogen and oxygen atoms in total. The van der Waals surface area contributed by atoms with E-state index in [1.54, 1.807) is 0 Å². The summed E-state index contributed by atoms with van der Waals surface area (Å²) in [6.45, 7) is 1.82. The molecule has 4 heterocycles. The number of hydrogen-bond donors (Lipinski definition) is 0. The van der Waals surface area contributed by atoms with Gasteiger partial charge < -0.3 is 0 Å². The molecule has 152 valence electrons. The van der Waals surface area contributed by atoms with Crippen molar-refractivity contribution < 1.29 is 4.52 Å². The molecule has 0 unspecified atom stereocenters. The third-order valence-electron chi connectivity index (χ3n) is 6.42. The van der Waals surface area contributed by atoms with Crippen molar-refractivity contribution in [2.24, 2.45) is 5.10 Å². The van der Waals surface area contributed by atoms with Gasteiger partial charge >= 0.3 is 177 Å². The Labute approximate surface area is 176 Å². The normalized spacial score (nSPS) is 25.1. The molecular formula is C23H24N5OP. The zero-order valence-corrected chi connectivity index (χ0v) is 18.0. The minimum atomic E-state index is -3.44. The summed E-state index contributed by atoms with van der Waals surface area (Å²) in [6, 6.07) is 20.8. The van der Waals surface area contributed by atoms with E-state index < -0.39 is 7.43 Å². The molecule has 0 bridgehead atoms. The molecule has 0 radical (unpaired) electrons. The van der Waals surface area contributed by atoms with E-state index in [4.69, 9.17) is 9.63 Å². The molecule has 0 atom stereocenters. The molecule has 1 saturated heterocycles. The Balaban J connectivity index is 1.68. The van der Waals surface area contributed by atoms with E-state index in [1.807, 2.05) is 18.2 Å². The number of benzene rings is 2. The first-order valence-corrected chi connectivity index (χ1v) is 12.2. The zero-order chi connectivity index (χ0) is 20.4. The molecule has 0 aromatic heterocycles. The van der Waals surface area contributed by atoms with Gasteiger partial charge in [0.25, 0.3) is 0 Å². The van der Waals surface area contributed by atoms with Crippen molar-refractivity contribution >= 4 is 24.7 Å². The second kappa shape index (κ2) is 6.05. The van der Waals surface area contributed by atoms with Crippen LogP contribution in [0.15, 0.2) is 90.2 Å². The fraction of sp³-hybridized carbons (Fsp3) is 0.174. The fourth-order valence-electron chi connectivity index (χ4n) is 4.95. The van der Waals surface area contributed by atoms with Gasteiger partial charge in [-0.05, 0) is 0 Å². The molecule has 1 fully saturated rings. The summed E-state index contributed by atoms with van der Waals surface area (Å²) >= 11 is 0. The van der Waals surface area contributed by atoms with Crippen molar-refractivity contribution in [2.45, 2.75) is 0 Å². The van der Waals surface area contributed by atoms with E-state index in [0.717, 1.165) is 41.5 Å². The second-order valence-electron chi connectivity index (χ2n) is 7.92. The number of fused-ring (bicyclic) bond motifs is 1. The molecule has 6 rings (SSSR count).